The van der Waals surface area contributed by atoms with Crippen molar-refractivity contribution in [3.05, 3.63) is 41.5 Å². The van der Waals surface area contributed by atoms with Crippen molar-refractivity contribution in [2.45, 2.75) is 52.1 Å². The predicted molar refractivity (Wildman–Crippen MR) is 147 cm³/mol. The number of amidine groups is 1. The minimum atomic E-state index is -1.11. The van der Waals surface area contributed by atoms with Gasteiger partial charge in [0.25, 0.3) is 5.91 Å². The third kappa shape index (κ3) is 6.02. The number of carbonyl (C=O) groups excluding carboxylic acids is 3. The van der Waals surface area contributed by atoms with E-state index in [0.29, 0.717) is 44.5 Å². The number of rotatable bonds is 11. The van der Waals surface area contributed by atoms with Crippen molar-refractivity contribution in [2.75, 3.05) is 46.1 Å². The van der Waals surface area contributed by atoms with Crippen LogP contribution in [-0.4, -0.2) is 95.8 Å². The van der Waals surface area contributed by atoms with Crippen LogP contribution in [0.1, 0.15) is 57.6 Å². The molecule has 3 heterocycles. The number of ether oxygens (including phenoxy) is 1. The molecule has 0 aromatic heterocycles. The van der Waals surface area contributed by atoms with Crippen LogP contribution in [0, 0.1) is 0 Å². The van der Waals surface area contributed by atoms with Crippen LogP contribution in [0.5, 0.6) is 0 Å². The quantitative estimate of drug-likeness (QED) is 0.450. The van der Waals surface area contributed by atoms with Crippen LogP contribution in [0.15, 0.2) is 40.3 Å². The Morgan fingerprint density at radius 2 is 1.76 bits per heavy atom. The summed E-state index contributed by atoms with van der Waals surface area (Å²) in [6, 6.07) is 7.20. The van der Waals surface area contributed by atoms with Gasteiger partial charge in [0, 0.05) is 37.8 Å². The summed E-state index contributed by atoms with van der Waals surface area (Å²) in [4.78, 5) is 53.4. The molecule has 3 aliphatic rings. The van der Waals surface area contributed by atoms with Gasteiger partial charge in [-0.25, -0.2) is 14.8 Å². The second-order valence-electron chi connectivity index (χ2n) is 9.90. The highest BCUT2D eigenvalue weighted by atomic mass is 16.5. The Morgan fingerprint density at radius 3 is 2.45 bits per heavy atom. The fourth-order valence-electron chi connectivity index (χ4n) is 4.68. The fourth-order valence-corrected chi connectivity index (χ4v) is 4.68. The molecule has 204 valence electrons. The maximum absolute atomic E-state index is 13.3. The fraction of sp³-hybridized carbons (Fsp3) is 0.536. The van der Waals surface area contributed by atoms with Gasteiger partial charge in [0.15, 0.2) is 17.2 Å². The third-order valence-electron chi connectivity index (χ3n) is 7.07. The zero-order chi connectivity index (χ0) is 27.1. The maximum Gasteiger partial charge on any atom is 0.329 e. The highest BCUT2D eigenvalue weighted by Gasteiger charge is 2.54. The molecule has 0 saturated carbocycles. The molecule has 38 heavy (non-hydrogen) atoms. The van der Waals surface area contributed by atoms with E-state index in [2.05, 4.69) is 22.1 Å². The van der Waals surface area contributed by atoms with Gasteiger partial charge >= 0.3 is 6.03 Å². The molecule has 0 radical (unpaired) electrons. The van der Waals surface area contributed by atoms with Crippen molar-refractivity contribution in [1.82, 2.24) is 20.0 Å². The van der Waals surface area contributed by atoms with E-state index < -0.39 is 5.66 Å². The van der Waals surface area contributed by atoms with Crippen LogP contribution >= 0.6 is 0 Å². The van der Waals surface area contributed by atoms with E-state index in [1.807, 2.05) is 31.2 Å². The second kappa shape index (κ2) is 12.4. The smallest absolute Gasteiger partial charge is 0.329 e. The molecule has 1 aromatic rings. The van der Waals surface area contributed by atoms with Crippen LogP contribution in [-0.2, 0) is 14.3 Å². The van der Waals surface area contributed by atoms with E-state index in [1.165, 1.54) is 11.0 Å². The molecule has 1 unspecified atom stereocenters. The number of benzene rings is 1. The summed E-state index contributed by atoms with van der Waals surface area (Å²) in [6.45, 7) is 10.3. The minimum absolute atomic E-state index is 0.160. The van der Waals surface area contributed by atoms with Crippen LogP contribution in [0.4, 0.5) is 4.79 Å². The highest BCUT2D eigenvalue weighted by Crippen LogP contribution is 2.33. The molecule has 4 rings (SSSR count). The molecule has 1 aromatic carbocycles. The first-order valence-corrected chi connectivity index (χ1v) is 13.6. The molecule has 10 heteroatoms. The monoisotopic (exact) mass is 522 g/mol. The minimum Gasteiger partial charge on any atom is -0.379 e. The van der Waals surface area contributed by atoms with Crippen LogP contribution in [0.3, 0.4) is 0 Å². The van der Waals surface area contributed by atoms with Gasteiger partial charge in [-0.2, -0.15) is 0 Å². The first-order chi connectivity index (χ1) is 18.4. The lowest BCUT2D eigenvalue weighted by Gasteiger charge is -2.43. The van der Waals surface area contributed by atoms with Gasteiger partial charge in [0.1, 0.15) is 0 Å². The summed E-state index contributed by atoms with van der Waals surface area (Å²) in [6.07, 6.45) is 6.63. The summed E-state index contributed by atoms with van der Waals surface area (Å²) in [7, 11) is 0. The summed E-state index contributed by atoms with van der Waals surface area (Å²) in [5.41, 5.74) is 0.781. The lowest BCUT2D eigenvalue weighted by atomic mass is 10.00. The molecular formula is C28H38N6O4. The Labute approximate surface area is 224 Å². The van der Waals surface area contributed by atoms with E-state index in [1.54, 1.807) is 17.9 Å². The lowest BCUT2D eigenvalue weighted by molar-refractivity contribution is -0.124. The van der Waals surface area contributed by atoms with E-state index in [4.69, 9.17) is 9.73 Å². The number of fused-ring (bicyclic) bond motifs is 1. The normalized spacial score (nSPS) is 22.1. The maximum atomic E-state index is 13.3. The summed E-state index contributed by atoms with van der Waals surface area (Å²) in [5.74, 6) is -0.0894. The Morgan fingerprint density at radius 1 is 1.08 bits per heavy atom. The molecule has 1 atom stereocenters. The number of hydrogen-bond donors (Lipinski definition) is 1. The van der Waals surface area contributed by atoms with Gasteiger partial charge in [-0.1, -0.05) is 51.0 Å². The van der Waals surface area contributed by atoms with Gasteiger partial charge in [-0.15, -0.1) is 0 Å². The molecule has 0 bridgehead atoms. The lowest BCUT2D eigenvalue weighted by Crippen LogP contribution is -2.67. The molecule has 2 fully saturated rings. The Bertz CT molecular complexity index is 1120. The van der Waals surface area contributed by atoms with E-state index in [0.717, 1.165) is 49.9 Å². The van der Waals surface area contributed by atoms with E-state index >= 15 is 0 Å². The van der Waals surface area contributed by atoms with Crippen molar-refractivity contribution in [2.24, 2.45) is 9.98 Å². The number of urea groups is 1. The number of nitrogens with one attached hydrogen (secondary N) is 1. The topological polar surface area (TPSA) is 107 Å². The standard InChI is InChI=1S/C28H38N6O4/c1-4-6-14-33-26(36)24-28(3,34(27(33)37)15-7-5-2)31-25(30-24)22-11-8-21(9-12-22)10-13-23(35)29-20-32-16-18-38-19-17-32/h8-13H,4-7,14-20H2,1-3H3,(H,29,35)/b13-10+. The number of nitrogens with zero attached hydrogens (tertiary/aromatic N) is 5. The van der Waals surface area contributed by atoms with Crippen molar-refractivity contribution in [1.29, 1.82) is 0 Å². The molecule has 0 aliphatic carbocycles. The summed E-state index contributed by atoms with van der Waals surface area (Å²) >= 11 is 0. The van der Waals surface area contributed by atoms with Gasteiger partial charge < -0.3 is 10.1 Å². The number of morpholine rings is 1. The molecule has 2 saturated heterocycles. The van der Waals surface area contributed by atoms with Crippen molar-refractivity contribution in [3.63, 3.8) is 0 Å². The molecule has 4 amide bonds. The van der Waals surface area contributed by atoms with Crippen molar-refractivity contribution < 1.29 is 19.1 Å². The van der Waals surface area contributed by atoms with E-state index in [-0.39, 0.29) is 17.8 Å². The van der Waals surface area contributed by atoms with Gasteiger partial charge in [0.2, 0.25) is 5.91 Å². The first-order valence-electron chi connectivity index (χ1n) is 13.6. The van der Waals surface area contributed by atoms with Crippen LogP contribution in [0.2, 0.25) is 0 Å². The van der Waals surface area contributed by atoms with Crippen molar-refractivity contribution in [3.8, 4) is 0 Å². The number of aliphatic imine (C=N–C) groups is 2. The average Bonchev–Trinajstić information content (AvgIpc) is 3.30. The molecule has 10 nitrogen and oxygen atoms in total. The highest BCUT2D eigenvalue weighted by molar-refractivity contribution is 6.49. The zero-order valence-electron chi connectivity index (χ0n) is 22.6. The Hall–Kier alpha value is -3.37. The molecule has 0 spiro atoms. The first kappa shape index (κ1) is 27.7. The SMILES string of the molecule is CCCCN1C(=O)C2=NC(c3ccc(/C=C/C(=O)NCN4CCOCC4)cc3)=NC2(C)N(CCCC)C1=O. The number of unbranched alkanes of at least 4 members (excludes halogenated alkanes) is 2. The van der Waals surface area contributed by atoms with Gasteiger partial charge in [-0.05, 0) is 31.4 Å². The van der Waals surface area contributed by atoms with Gasteiger partial charge in [-0.3, -0.25) is 24.3 Å². The van der Waals surface area contributed by atoms with Crippen LogP contribution in [0.25, 0.3) is 6.08 Å². The summed E-state index contributed by atoms with van der Waals surface area (Å²) in [5, 5.41) is 2.89. The van der Waals surface area contributed by atoms with E-state index in [9.17, 15) is 14.4 Å². The molecule has 3 aliphatic heterocycles. The number of imide groups is 1. The average molecular weight is 523 g/mol. The van der Waals surface area contributed by atoms with Crippen LogP contribution < -0.4 is 5.32 Å². The molecular weight excluding hydrogens is 484 g/mol. The zero-order valence-corrected chi connectivity index (χ0v) is 22.6. The molecule has 1 N–H and O–H groups in total. The summed E-state index contributed by atoms with van der Waals surface area (Å²) < 4.78 is 5.32. The second-order valence-corrected chi connectivity index (χ2v) is 9.90. The van der Waals surface area contributed by atoms with Crippen molar-refractivity contribution >= 4 is 35.5 Å². The number of amides is 4. The Balaban J connectivity index is 1.47. The third-order valence-corrected chi connectivity index (χ3v) is 7.07. The largest absolute Gasteiger partial charge is 0.379 e. The number of hydrogen-bond acceptors (Lipinski definition) is 7. The Kier molecular flexibility index (Phi) is 9.06. The van der Waals surface area contributed by atoms with Gasteiger partial charge in [0.05, 0.1) is 19.9 Å². The number of carbonyl (C=O) groups is 3. The predicted octanol–water partition coefficient (Wildman–Crippen LogP) is 2.89.